The van der Waals surface area contributed by atoms with Gasteiger partial charge in [0.2, 0.25) is 5.91 Å². The lowest BCUT2D eigenvalue weighted by Crippen LogP contribution is -2.23. The van der Waals surface area contributed by atoms with Gasteiger partial charge in [-0.05, 0) is 30.5 Å². The average Bonchev–Trinajstić information content (AvgIpc) is 3.06. The van der Waals surface area contributed by atoms with Crippen molar-refractivity contribution < 1.29 is 19.1 Å². The zero-order valence-corrected chi connectivity index (χ0v) is 17.5. The van der Waals surface area contributed by atoms with E-state index in [-0.39, 0.29) is 28.0 Å². The van der Waals surface area contributed by atoms with Crippen LogP contribution >= 0.6 is 11.3 Å². The predicted octanol–water partition coefficient (Wildman–Crippen LogP) is 4.10. The van der Waals surface area contributed by atoms with Crippen molar-refractivity contribution in [3.05, 3.63) is 87.8 Å². The molecule has 3 rings (SSSR count). The van der Waals surface area contributed by atoms with Crippen LogP contribution in [-0.2, 0) is 9.53 Å². The number of ether oxygens (including phenoxy) is 1. The van der Waals surface area contributed by atoms with E-state index < -0.39 is 17.8 Å². The number of rotatable bonds is 7. The number of esters is 1. The second-order valence-electron chi connectivity index (χ2n) is 6.59. The molecule has 0 fully saturated rings. The third-order valence-corrected chi connectivity index (χ3v) is 5.84. The highest BCUT2D eigenvalue weighted by molar-refractivity contribution is 7.18. The molecule has 0 atom stereocenters. The number of carbonyl (C=O) groups excluding carboxylic acids is 3. The Morgan fingerprint density at radius 3 is 2.00 bits per heavy atom. The first-order valence-electron chi connectivity index (χ1n) is 9.45. The van der Waals surface area contributed by atoms with Crippen LogP contribution in [0.15, 0.2) is 60.7 Å². The number of nitrogens with one attached hydrogen (secondary N) is 1. The van der Waals surface area contributed by atoms with Gasteiger partial charge in [-0.25, -0.2) is 4.79 Å². The van der Waals surface area contributed by atoms with Gasteiger partial charge >= 0.3 is 5.97 Å². The van der Waals surface area contributed by atoms with Gasteiger partial charge in [0.1, 0.15) is 5.00 Å². The first-order chi connectivity index (χ1) is 14.4. The Bertz CT molecular complexity index is 1020. The van der Waals surface area contributed by atoms with Crippen molar-refractivity contribution in [1.82, 2.24) is 0 Å². The van der Waals surface area contributed by atoms with Crippen molar-refractivity contribution in [3.63, 3.8) is 0 Å². The number of thiophene rings is 1. The number of benzene rings is 2. The van der Waals surface area contributed by atoms with Crippen molar-refractivity contribution in [2.24, 2.45) is 5.73 Å². The molecular weight excluding hydrogens is 400 g/mol. The number of hydrogen-bond donors (Lipinski definition) is 2. The van der Waals surface area contributed by atoms with E-state index in [0.29, 0.717) is 5.56 Å². The second kappa shape index (κ2) is 9.37. The van der Waals surface area contributed by atoms with Crippen LogP contribution in [-0.4, -0.2) is 24.4 Å². The molecule has 0 radical (unpaired) electrons. The first kappa shape index (κ1) is 21.3. The molecule has 0 aliphatic heterocycles. The Balaban J connectivity index is 2.03. The summed E-state index contributed by atoms with van der Waals surface area (Å²) in [6, 6.07) is 18.7. The van der Waals surface area contributed by atoms with Gasteiger partial charge in [0.25, 0.3) is 5.91 Å². The molecule has 2 aromatic carbocycles. The highest BCUT2D eigenvalue weighted by atomic mass is 32.1. The third kappa shape index (κ3) is 4.41. The fraction of sp³-hybridized carbons (Fsp3) is 0.174. The number of carbonyl (C=O) groups is 3. The lowest BCUT2D eigenvalue weighted by Gasteiger charge is -2.18. The van der Waals surface area contributed by atoms with Crippen molar-refractivity contribution in [2.45, 2.75) is 19.8 Å². The molecule has 0 saturated carbocycles. The van der Waals surface area contributed by atoms with Gasteiger partial charge in [-0.3, -0.25) is 9.59 Å². The Kier molecular flexibility index (Phi) is 6.64. The minimum atomic E-state index is -0.661. The Morgan fingerprint density at radius 1 is 1.00 bits per heavy atom. The Labute approximate surface area is 178 Å². The molecule has 1 heterocycles. The second-order valence-corrected chi connectivity index (χ2v) is 7.61. The smallest absolute Gasteiger partial charge is 0.341 e. The van der Waals surface area contributed by atoms with Crippen LogP contribution in [0.3, 0.4) is 0 Å². The van der Waals surface area contributed by atoms with Crippen LogP contribution in [0.2, 0.25) is 0 Å². The third-order valence-electron chi connectivity index (χ3n) is 4.61. The molecule has 0 aliphatic rings. The van der Waals surface area contributed by atoms with E-state index in [2.05, 4.69) is 5.32 Å². The largest absolute Gasteiger partial charge is 0.462 e. The summed E-state index contributed by atoms with van der Waals surface area (Å²) in [7, 11) is 0. The summed E-state index contributed by atoms with van der Waals surface area (Å²) in [4.78, 5) is 37.9. The van der Waals surface area contributed by atoms with Crippen molar-refractivity contribution in [1.29, 1.82) is 0 Å². The highest BCUT2D eigenvalue weighted by Gasteiger charge is 2.29. The molecule has 0 bridgehead atoms. The van der Waals surface area contributed by atoms with E-state index >= 15 is 0 Å². The predicted molar refractivity (Wildman–Crippen MR) is 117 cm³/mol. The molecule has 3 N–H and O–H groups in total. The van der Waals surface area contributed by atoms with Crippen molar-refractivity contribution >= 4 is 34.1 Å². The molecule has 154 valence electrons. The van der Waals surface area contributed by atoms with E-state index in [9.17, 15) is 14.4 Å². The summed E-state index contributed by atoms with van der Waals surface area (Å²) in [5.74, 6) is -2.19. The quantitative estimate of drug-likeness (QED) is 0.560. The minimum absolute atomic E-state index is 0.156. The van der Waals surface area contributed by atoms with Gasteiger partial charge in [0, 0.05) is 0 Å². The lowest BCUT2D eigenvalue weighted by molar-refractivity contribution is -0.116. The Morgan fingerprint density at radius 2 is 1.53 bits per heavy atom. The molecule has 0 unspecified atom stereocenters. The summed E-state index contributed by atoms with van der Waals surface area (Å²) in [5, 5.41) is 3.09. The maximum atomic E-state index is 13.4. The fourth-order valence-corrected chi connectivity index (χ4v) is 4.31. The number of primary amides is 1. The summed E-state index contributed by atoms with van der Waals surface area (Å²) in [6.07, 6.45) is 0. The normalized spacial score (nSPS) is 10.6. The topological polar surface area (TPSA) is 98.5 Å². The van der Waals surface area contributed by atoms with Crippen LogP contribution < -0.4 is 11.1 Å². The van der Waals surface area contributed by atoms with Crippen molar-refractivity contribution in [3.8, 4) is 0 Å². The molecule has 1 aromatic heterocycles. The fourth-order valence-electron chi connectivity index (χ4n) is 3.26. The van der Waals surface area contributed by atoms with Gasteiger partial charge in [-0.2, -0.15) is 0 Å². The first-order valence-corrected chi connectivity index (χ1v) is 10.3. The van der Waals surface area contributed by atoms with E-state index in [1.807, 2.05) is 60.7 Å². The standard InChI is InChI=1S/C23H22N2O4S/c1-3-29-23(28)17-14(2)19(20(24)26)30-22(17)25-21(27)18(15-10-6-4-7-11-15)16-12-8-5-9-13-16/h4-13,18H,3H2,1-2H3,(H2,24,26)(H,25,27). The van der Waals surface area contributed by atoms with Crippen LogP contribution in [0.5, 0.6) is 0 Å². The van der Waals surface area contributed by atoms with E-state index in [4.69, 9.17) is 10.5 Å². The maximum Gasteiger partial charge on any atom is 0.341 e. The molecule has 0 aliphatic carbocycles. The van der Waals surface area contributed by atoms with E-state index in [1.165, 1.54) is 0 Å². The number of anilines is 1. The van der Waals surface area contributed by atoms with Gasteiger partial charge < -0.3 is 15.8 Å². The molecular formula is C23H22N2O4S. The van der Waals surface area contributed by atoms with Crippen molar-refractivity contribution in [2.75, 3.05) is 11.9 Å². The molecule has 30 heavy (non-hydrogen) atoms. The highest BCUT2D eigenvalue weighted by Crippen LogP contribution is 2.35. The SMILES string of the molecule is CCOC(=O)c1c(NC(=O)C(c2ccccc2)c2ccccc2)sc(C(N)=O)c1C. The number of nitrogens with two attached hydrogens (primary N) is 1. The lowest BCUT2D eigenvalue weighted by atomic mass is 9.90. The van der Waals surface area contributed by atoms with Gasteiger partial charge in [-0.1, -0.05) is 60.7 Å². The zero-order chi connectivity index (χ0) is 21.7. The van der Waals surface area contributed by atoms with Gasteiger partial charge in [-0.15, -0.1) is 11.3 Å². The van der Waals surface area contributed by atoms with E-state index in [0.717, 1.165) is 22.5 Å². The molecule has 0 saturated heterocycles. The number of hydrogen-bond acceptors (Lipinski definition) is 5. The van der Waals surface area contributed by atoms with Crippen LogP contribution in [0, 0.1) is 6.92 Å². The Hall–Kier alpha value is -3.45. The summed E-state index contributed by atoms with van der Waals surface area (Å²) in [5.41, 5.74) is 7.62. The summed E-state index contributed by atoms with van der Waals surface area (Å²) in [6.45, 7) is 3.47. The van der Waals surface area contributed by atoms with Crippen LogP contribution in [0.25, 0.3) is 0 Å². The number of amides is 2. The van der Waals surface area contributed by atoms with Gasteiger partial charge in [0.05, 0.1) is 23.0 Å². The van der Waals surface area contributed by atoms with Crippen LogP contribution in [0.1, 0.15) is 49.6 Å². The van der Waals surface area contributed by atoms with Gasteiger partial charge in [0.15, 0.2) is 0 Å². The maximum absolute atomic E-state index is 13.4. The monoisotopic (exact) mass is 422 g/mol. The molecule has 2 amide bonds. The summed E-state index contributed by atoms with van der Waals surface area (Å²) >= 11 is 0.977. The van der Waals surface area contributed by atoms with Crippen LogP contribution in [0.4, 0.5) is 5.00 Å². The zero-order valence-electron chi connectivity index (χ0n) is 16.7. The molecule has 7 heteroatoms. The minimum Gasteiger partial charge on any atom is -0.462 e. The summed E-state index contributed by atoms with van der Waals surface area (Å²) < 4.78 is 5.12. The average molecular weight is 423 g/mol. The molecule has 3 aromatic rings. The van der Waals surface area contributed by atoms with E-state index in [1.54, 1.807) is 13.8 Å². The molecule has 6 nitrogen and oxygen atoms in total. The molecule has 0 spiro atoms.